The lowest BCUT2D eigenvalue weighted by Crippen LogP contribution is -2.44. The molecule has 0 radical (unpaired) electrons. The van der Waals surface area contributed by atoms with Crippen molar-refractivity contribution >= 4 is 57.4 Å². The van der Waals surface area contributed by atoms with Crippen LogP contribution in [0.4, 0.5) is 31.8 Å². The first kappa shape index (κ1) is 63.6. The van der Waals surface area contributed by atoms with Crippen LogP contribution in [0, 0.1) is 0 Å². The molecule has 20 nitrogen and oxygen atoms in total. The second kappa shape index (κ2) is 31.6. The van der Waals surface area contributed by atoms with Crippen molar-refractivity contribution in [3.8, 4) is 39.6 Å². The molecule has 6 amide bonds. The number of ether oxygens (including phenoxy) is 6. The number of methoxy groups -OCH3 is 2. The fraction of sp³-hybridized carbons (Fsp3) is 0.413. The summed E-state index contributed by atoms with van der Waals surface area (Å²) in [5.74, 6) is 2.59. The number of thiazole rings is 1. The van der Waals surface area contributed by atoms with Crippen molar-refractivity contribution in [3.63, 3.8) is 0 Å². The second-order valence-electron chi connectivity index (χ2n) is 21.3. The van der Waals surface area contributed by atoms with Crippen LogP contribution >= 0.6 is 11.3 Å². The second-order valence-corrected chi connectivity index (χ2v) is 22.3. The average Bonchev–Trinajstić information content (AvgIpc) is 4.13. The Balaban J connectivity index is 0.000000241. The highest BCUT2D eigenvalue weighted by Gasteiger charge is 2.24. The molecule has 2 aliphatic heterocycles. The monoisotopic (exact) mass is 1170 g/mol. The molecule has 8 rings (SSSR count). The number of piperidine rings is 2. The van der Waals surface area contributed by atoms with Gasteiger partial charge in [0, 0.05) is 98.2 Å². The Hall–Kier alpha value is -7.95. The number of likely N-dealkylation sites (tertiary alicyclic amines) is 2. The molecule has 6 N–H and O–H groups in total. The highest BCUT2D eigenvalue weighted by molar-refractivity contribution is 7.17. The first-order valence-electron chi connectivity index (χ1n) is 28.7. The maximum Gasteiger partial charge on any atom is 0.333 e. The van der Waals surface area contributed by atoms with Crippen molar-refractivity contribution in [2.75, 3.05) is 75.8 Å². The van der Waals surface area contributed by atoms with Crippen molar-refractivity contribution in [1.82, 2.24) is 30.5 Å². The Morgan fingerprint density at radius 2 is 1.23 bits per heavy atom. The zero-order chi connectivity index (χ0) is 60.1. The average molecular weight is 1170 g/mol. The minimum atomic E-state index is -0.376. The zero-order valence-electron chi connectivity index (χ0n) is 49.9. The summed E-state index contributed by atoms with van der Waals surface area (Å²) >= 11 is 1.20. The van der Waals surface area contributed by atoms with Crippen LogP contribution in [0.2, 0.25) is 0 Å². The molecule has 5 aromatic carbocycles. The summed E-state index contributed by atoms with van der Waals surface area (Å²) in [5.41, 5.74) is 6.41. The van der Waals surface area contributed by atoms with Crippen LogP contribution in [-0.2, 0) is 11.3 Å². The molecule has 0 aliphatic carbocycles. The molecule has 3 heterocycles. The Morgan fingerprint density at radius 1 is 0.631 bits per heavy atom. The van der Waals surface area contributed by atoms with Gasteiger partial charge in [0.2, 0.25) is 5.06 Å². The van der Waals surface area contributed by atoms with E-state index in [1.807, 2.05) is 38.1 Å². The van der Waals surface area contributed by atoms with E-state index in [9.17, 15) is 19.2 Å². The number of hydrazine groups is 1. The number of hydrogen-bond acceptors (Lipinski definition) is 15. The van der Waals surface area contributed by atoms with E-state index in [2.05, 4.69) is 74.5 Å². The van der Waals surface area contributed by atoms with Crippen molar-refractivity contribution in [2.45, 2.75) is 117 Å². The van der Waals surface area contributed by atoms with Gasteiger partial charge < -0.3 is 54.6 Å². The topological polar surface area (TPSA) is 218 Å². The molecule has 0 saturated carbocycles. The Labute approximate surface area is 497 Å². The van der Waals surface area contributed by atoms with E-state index >= 15 is 0 Å². The number of rotatable bonds is 23. The first-order valence-corrected chi connectivity index (χ1v) is 29.5. The highest BCUT2D eigenvalue weighted by atomic mass is 32.1. The van der Waals surface area contributed by atoms with Gasteiger partial charge in [-0.2, -0.15) is 0 Å². The fourth-order valence-corrected chi connectivity index (χ4v) is 10.1. The number of benzene rings is 5. The number of aromatic nitrogens is 1. The number of urea groups is 2. The number of amides is 6. The quantitative estimate of drug-likeness (QED) is 0.0329. The normalized spacial score (nSPS) is 14.7. The summed E-state index contributed by atoms with van der Waals surface area (Å²) in [6.45, 7) is 17.6. The summed E-state index contributed by atoms with van der Waals surface area (Å²) in [5, 5.41) is 16.7. The van der Waals surface area contributed by atoms with Gasteiger partial charge in [-0.05, 0) is 151 Å². The largest absolute Gasteiger partial charge is 0.493 e. The summed E-state index contributed by atoms with van der Waals surface area (Å²) in [6, 6.07) is 32.5. The van der Waals surface area contributed by atoms with E-state index in [1.165, 1.54) is 30.6 Å². The lowest BCUT2D eigenvalue weighted by Gasteiger charge is -2.35. The predicted octanol–water partition coefficient (Wildman–Crippen LogP) is 12.5. The van der Waals surface area contributed by atoms with Crippen molar-refractivity contribution in [3.05, 3.63) is 132 Å². The van der Waals surface area contributed by atoms with E-state index in [0.29, 0.717) is 85.8 Å². The van der Waals surface area contributed by atoms with Crippen molar-refractivity contribution < 1.29 is 47.6 Å². The first-order chi connectivity index (χ1) is 40.5. The van der Waals surface area contributed by atoms with Gasteiger partial charge in [-0.3, -0.25) is 25.2 Å². The van der Waals surface area contributed by atoms with Crippen LogP contribution in [0.15, 0.2) is 115 Å². The van der Waals surface area contributed by atoms with E-state index in [-0.39, 0.29) is 42.1 Å². The molecule has 0 bridgehead atoms. The maximum atomic E-state index is 12.9. The van der Waals surface area contributed by atoms with Gasteiger partial charge in [-0.15, -0.1) is 0 Å². The summed E-state index contributed by atoms with van der Waals surface area (Å²) in [4.78, 5) is 59.2. The molecule has 2 fully saturated rings. The van der Waals surface area contributed by atoms with Gasteiger partial charge in [0.25, 0.3) is 11.8 Å². The number of carbonyl (C=O) groups is 4. The van der Waals surface area contributed by atoms with Crippen LogP contribution < -0.4 is 55.7 Å². The Kier molecular flexibility index (Phi) is 24.0. The molecule has 21 heteroatoms. The van der Waals surface area contributed by atoms with E-state index in [1.54, 1.807) is 105 Å². The minimum absolute atomic E-state index is 0.118. The molecule has 450 valence electrons. The fourth-order valence-electron chi connectivity index (χ4n) is 9.41. The lowest BCUT2D eigenvalue weighted by molar-refractivity contribution is -0.00803. The van der Waals surface area contributed by atoms with E-state index in [0.717, 1.165) is 76.0 Å². The third kappa shape index (κ3) is 19.6. The van der Waals surface area contributed by atoms with Gasteiger partial charge in [0.05, 0.1) is 33.1 Å². The molecule has 0 spiro atoms. The zero-order valence-corrected chi connectivity index (χ0v) is 50.7. The SMILES string of the molecule is CCC(CC)NC(=O)Nc1ccc(Oc2cnc(NC(=O)c3ccc(COC4CCN(C(C)C)CC4)cc3)s2)c(OC)c1.COc1cc(NC(=O)NN(C)C)ccc1Oc1cccc(NC(=O)c2ccc(OC3CCCN(C(C)C)C3)cc2)c1. The molecule has 2 aliphatic rings. The van der Waals surface area contributed by atoms with Crippen molar-refractivity contribution in [1.29, 1.82) is 0 Å². The van der Waals surface area contributed by atoms with Crippen LogP contribution in [0.5, 0.6) is 39.6 Å². The standard InChI is InChI=1S/C32H43N5O5S.C31H39N5O5/c1-6-24(7-2)34-31(39)35-25-12-13-27(28(18-25)40-5)42-29-19-33-32(43-29)36-30(38)23-10-8-22(9-11-23)20-41-26-14-16-37(17-15-26)21(3)4;1-21(2)36-17-7-10-27(20-36)40-25-14-11-22(12-15-25)30(37)32-23-8-6-9-26(18-23)41-28-16-13-24(19-29(28)39-5)33-31(38)34-35(3)4/h8-13,18-19,21,24,26H,6-7,14-17,20H2,1-5H3,(H,33,36,38)(H2,34,35,39);6,8-9,11-16,18-19,21,27H,7,10,17,20H2,1-5H3,(H,32,37)(H2,33,34,38). The Morgan fingerprint density at radius 3 is 1.83 bits per heavy atom. The van der Waals surface area contributed by atoms with Gasteiger partial charge in [0.15, 0.2) is 28.1 Å². The van der Waals surface area contributed by atoms with Gasteiger partial charge in [0.1, 0.15) is 17.6 Å². The van der Waals surface area contributed by atoms with Crippen LogP contribution in [0.3, 0.4) is 0 Å². The number of nitrogens with one attached hydrogen (secondary N) is 6. The number of hydrogen-bond donors (Lipinski definition) is 6. The summed E-state index contributed by atoms with van der Waals surface area (Å²) in [7, 11) is 6.49. The minimum Gasteiger partial charge on any atom is -0.493 e. The number of anilines is 4. The van der Waals surface area contributed by atoms with Gasteiger partial charge in [-0.1, -0.05) is 43.4 Å². The van der Waals surface area contributed by atoms with Crippen LogP contribution in [0.25, 0.3) is 0 Å². The van der Waals surface area contributed by atoms with Gasteiger partial charge >= 0.3 is 12.1 Å². The van der Waals surface area contributed by atoms with Crippen molar-refractivity contribution in [2.24, 2.45) is 0 Å². The van der Waals surface area contributed by atoms with E-state index < -0.39 is 0 Å². The molecular weight excluding hydrogens is 1090 g/mol. The molecule has 6 aromatic rings. The predicted molar refractivity (Wildman–Crippen MR) is 331 cm³/mol. The maximum absolute atomic E-state index is 12.9. The third-order valence-electron chi connectivity index (χ3n) is 14.2. The number of carbonyl (C=O) groups excluding carboxylic acids is 4. The third-order valence-corrected chi connectivity index (χ3v) is 15.0. The van der Waals surface area contributed by atoms with Gasteiger partial charge in [-0.25, -0.2) is 19.6 Å². The number of nitrogens with zero attached hydrogens (tertiary/aromatic N) is 4. The molecule has 84 heavy (non-hydrogen) atoms. The lowest BCUT2D eigenvalue weighted by atomic mass is 10.1. The summed E-state index contributed by atoms with van der Waals surface area (Å²) in [6.07, 6.45) is 7.94. The Bertz CT molecular complexity index is 3070. The molecular formula is C63H82N10O10S. The summed E-state index contributed by atoms with van der Waals surface area (Å²) < 4.78 is 35.3. The highest BCUT2D eigenvalue weighted by Crippen LogP contribution is 2.38. The van der Waals surface area contributed by atoms with Crippen LogP contribution in [0.1, 0.15) is 106 Å². The molecule has 2 saturated heterocycles. The molecule has 1 unspecified atom stereocenters. The molecule has 1 atom stereocenters. The van der Waals surface area contributed by atoms with Crippen LogP contribution in [-0.4, -0.2) is 128 Å². The van der Waals surface area contributed by atoms with E-state index in [4.69, 9.17) is 28.4 Å². The smallest absolute Gasteiger partial charge is 0.333 e. The molecule has 1 aromatic heterocycles.